The molecule has 0 unspecified atom stereocenters. The van der Waals surface area contributed by atoms with Gasteiger partial charge >= 0.3 is 0 Å². The SMILES string of the molecule is C=C(CC)CCNc1cc(OC)cc2ccccc12. The summed E-state index contributed by atoms with van der Waals surface area (Å²) in [5, 5.41) is 5.91. The Hall–Kier alpha value is -1.96. The number of hydrogen-bond donors (Lipinski definition) is 1. The third-order valence-corrected chi connectivity index (χ3v) is 3.37. The Kier molecular flexibility index (Phi) is 4.45. The van der Waals surface area contributed by atoms with Gasteiger partial charge in [-0.15, -0.1) is 0 Å². The largest absolute Gasteiger partial charge is 0.497 e. The molecule has 0 aliphatic heterocycles. The smallest absolute Gasteiger partial charge is 0.121 e. The fourth-order valence-corrected chi connectivity index (χ4v) is 2.10. The van der Waals surface area contributed by atoms with Gasteiger partial charge in [0.25, 0.3) is 0 Å². The highest BCUT2D eigenvalue weighted by molar-refractivity contribution is 5.95. The predicted octanol–water partition coefficient (Wildman–Crippen LogP) is 4.62. The van der Waals surface area contributed by atoms with Crippen molar-refractivity contribution in [1.82, 2.24) is 0 Å². The lowest BCUT2D eigenvalue weighted by atomic mass is 10.1. The van der Waals surface area contributed by atoms with Gasteiger partial charge in [-0.1, -0.05) is 43.3 Å². The fraction of sp³-hybridized carbons (Fsp3) is 0.294. The van der Waals surface area contributed by atoms with Crippen molar-refractivity contribution in [2.75, 3.05) is 19.0 Å². The fourth-order valence-electron chi connectivity index (χ4n) is 2.10. The van der Waals surface area contributed by atoms with E-state index in [0.29, 0.717) is 0 Å². The van der Waals surface area contributed by atoms with Gasteiger partial charge in [-0.25, -0.2) is 0 Å². The van der Waals surface area contributed by atoms with Crippen LogP contribution in [0.25, 0.3) is 10.8 Å². The molecule has 2 rings (SSSR count). The van der Waals surface area contributed by atoms with Crippen LogP contribution in [-0.2, 0) is 0 Å². The Morgan fingerprint density at radius 3 is 2.79 bits per heavy atom. The highest BCUT2D eigenvalue weighted by Crippen LogP contribution is 2.29. The Balaban J connectivity index is 2.23. The Labute approximate surface area is 115 Å². The van der Waals surface area contributed by atoms with Crippen LogP contribution < -0.4 is 10.1 Å². The first kappa shape index (κ1) is 13.5. The second-order valence-electron chi connectivity index (χ2n) is 4.68. The molecule has 0 fully saturated rings. The molecule has 0 spiro atoms. The molecule has 100 valence electrons. The third-order valence-electron chi connectivity index (χ3n) is 3.37. The lowest BCUT2D eigenvalue weighted by molar-refractivity contribution is 0.415. The Morgan fingerprint density at radius 2 is 2.05 bits per heavy atom. The van der Waals surface area contributed by atoms with Gasteiger partial charge in [0.15, 0.2) is 0 Å². The standard InChI is InChI=1S/C17H21NO/c1-4-13(2)9-10-18-17-12-15(19-3)11-14-7-5-6-8-16(14)17/h5-8,11-12,18H,2,4,9-10H2,1,3H3. The van der Waals surface area contributed by atoms with E-state index in [-0.39, 0.29) is 0 Å². The van der Waals surface area contributed by atoms with Gasteiger partial charge in [0.05, 0.1) is 7.11 Å². The van der Waals surface area contributed by atoms with E-state index in [1.807, 2.05) is 6.07 Å². The summed E-state index contributed by atoms with van der Waals surface area (Å²) in [6.07, 6.45) is 2.04. The van der Waals surface area contributed by atoms with Crippen LogP contribution in [0.2, 0.25) is 0 Å². The van der Waals surface area contributed by atoms with Crippen LogP contribution in [-0.4, -0.2) is 13.7 Å². The molecular weight excluding hydrogens is 234 g/mol. The van der Waals surface area contributed by atoms with Crippen molar-refractivity contribution < 1.29 is 4.74 Å². The van der Waals surface area contributed by atoms with Gasteiger partial charge < -0.3 is 10.1 Å². The van der Waals surface area contributed by atoms with Crippen molar-refractivity contribution >= 4 is 16.5 Å². The molecule has 0 amide bonds. The summed E-state index contributed by atoms with van der Waals surface area (Å²) in [5.74, 6) is 0.885. The lowest BCUT2D eigenvalue weighted by Crippen LogP contribution is -2.03. The monoisotopic (exact) mass is 255 g/mol. The molecule has 0 radical (unpaired) electrons. The van der Waals surface area contributed by atoms with Crippen molar-refractivity contribution in [2.24, 2.45) is 0 Å². The van der Waals surface area contributed by atoms with Gasteiger partial charge in [-0.05, 0) is 24.3 Å². The average Bonchev–Trinajstić information content (AvgIpc) is 2.46. The maximum atomic E-state index is 5.35. The molecule has 1 N–H and O–H groups in total. The number of methoxy groups -OCH3 is 1. The minimum atomic E-state index is 0.885. The second-order valence-corrected chi connectivity index (χ2v) is 4.68. The quantitative estimate of drug-likeness (QED) is 0.761. The van der Waals surface area contributed by atoms with E-state index in [4.69, 9.17) is 4.74 Å². The molecule has 2 aromatic carbocycles. The lowest BCUT2D eigenvalue weighted by Gasteiger charge is -2.12. The normalized spacial score (nSPS) is 10.4. The Bertz CT molecular complexity index is 574. The number of hydrogen-bond acceptors (Lipinski definition) is 2. The van der Waals surface area contributed by atoms with Crippen molar-refractivity contribution in [3.8, 4) is 5.75 Å². The van der Waals surface area contributed by atoms with Crippen LogP contribution in [0.4, 0.5) is 5.69 Å². The van der Waals surface area contributed by atoms with Gasteiger partial charge in [-0.3, -0.25) is 0 Å². The molecule has 2 aromatic rings. The minimum Gasteiger partial charge on any atom is -0.497 e. The summed E-state index contributed by atoms with van der Waals surface area (Å²) in [6, 6.07) is 12.5. The third kappa shape index (κ3) is 3.28. The van der Waals surface area contributed by atoms with E-state index in [0.717, 1.165) is 30.8 Å². The van der Waals surface area contributed by atoms with Gasteiger partial charge in [-0.2, -0.15) is 0 Å². The Morgan fingerprint density at radius 1 is 1.26 bits per heavy atom. The average molecular weight is 255 g/mol. The number of anilines is 1. The maximum absolute atomic E-state index is 5.35. The highest BCUT2D eigenvalue weighted by Gasteiger charge is 2.04. The zero-order chi connectivity index (χ0) is 13.7. The van der Waals surface area contributed by atoms with Crippen LogP contribution in [0.5, 0.6) is 5.75 Å². The summed E-state index contributed by atoms with van der Waals surface area (Å²) in [4.78, 5) is 0. The zero-order valence-corrected chi connectivity index (χ0v) is 11.7. The summed E-state index contributed by atoms with van der Waals surface area (Å²) < 4.78 is 5.35. The number of rotatable bonds is 6. The van der Waals surface area contributed by atoms with E-state index in [2.05, 4.69) is 49.2 Å². The molecule has 0 saturated carbocycles. The highest BCUT2D eigenvalue weighted by atomic mass is 16.5. The molecule has 0 aliphatic carbocycles. The number of ether oxygens (including phenoxy) is 1. The van der Waals surface area contributed by atoms with Gasteiger partial charge in [0, 0.05) is 23.7 Å². The molecule has 0 aromatic heterocycles. The maximum Gasteiger partial charge on any atom is 0.121 e. The first-order chi connectivity index (χ1) is 9.24. The van der Waals surface area contributed by atoms with Crippen LogP contribution >= 0.6 is 0 Å². The number of fused-ring (bicyclic) bond motifs is 1. The molecule has 0 aliphatic rings. The summed E-state index contributed by atoms with van der Waals surface area (Å²) in [5.41, 5.74) is 2.40. The van der Waals surface area contributed by atoms with Crippen LogP contribution in [0.1, 0.15) is 19.8 Å². The summed E-state index contributed by atoms with van der Waals surface area (Å²) in [7, 11) is 1.70. The van der Waals surface area contributed by atoms with E-state index >= 15 is 0 Å². The first-order valence-electron chi connectivity index (χ1n) is 6.72. The van der Waals surface area contributed by atoms with Gasteiger partial charge in [0.1, 0.15) is 5.75 Å². The number of benzene rings is 2. The molecule has 19 heavy (non-hydrogen) atoms. The molecule has 2 heteroatoms. The van der Waals surface area contributed by atoms with Crippen molar-refractivity contribution in [2.45, 2.75) is 19.8 Å². The zero-order valence-electron chi connectivity index (χ0n) is 11.7. The van der Waals surface area contributed by atoms with E-state index < -0.39 is 0 Å². The minimum absolute atomic E-state index is 0.885. The first-order valence-corrected chi connectivity index (χ1v) is 6.72. The molecular formula is C17H21NO. The molecule has 0 heterocycles. The second kappa shape index (κ2) is 6.28. The summed E-state index contributed by atoms with van der Waals surface area (Å²) >= 11 is 0. The van der Waals surface area contributed by atoms with E-state index in [9.17, 15) is 0 Å². The van der Waals surface area contributed by atoms with Crippen LogP contribution in [0.3, 0.4) is 0 Å². The molecule has 0 bridgehead atoms. The number of nitrogens with one attached hydrogen (secondary N) is 1. The van der Waals surface area contributed by atoms with Crippen molar-refractivity contribution in [1.29, 1.82) is 0 Å². The van der Waals surface area contributed by atoms with Crippen molar-refractivity contribution in [3.05, 3.63) is 48.6 Å². The van der Waals surface area contributed by atoms with Gasteiger partial charge in [0.2, 0.25) is 0 Å². The predicted molar refractivity (Wildman–Crippen MR) is 83.0 cm³/mol. The van der Waals surface area contributed by atoms with Crippen LogP contribution in [0, 0.1) is 0 Å². The molecule has 0 saturated heterocycles. The topological polar surface area (TPSA) is 21.3 Å². The summed E-state index contributed by atoms with van der Waals surface area (Å²) in [6.45, 7) is 7.08. The van der Waals surface area contributed by atoms with Crippen molar-refractivity contribution in [3.63, 3.8) is 0 Å². The van der Waals surface area contributed by atoms with E-state index in [1.165, 1.54) is 16.3 Å². The van der Waals surface area contributed by atoms with E-state index in [1.54, 1.807) is 7.11 Å². The molecule has 0 atom stereocenters. The molecule has 2 nitrogen and oxygen atoms in total. The van der Waals surface area contributed by atoms with Crippen LogP contribution in [0.15, 0.2) is 48.6 Å².